The highest BCUT2D eigenvalue weighted by atomic mass is 16.5. The molecule has 0 aliphatic heterocycles. The van der Waals surface area contributed by atoms with E-state index in [0.29, 0.717) is 0 Å². The number of para-hydroxylation sites is 1. The number of aromatic nitrogens is 3. The Morgan fingerprint density at radius 1 is 1.17 bits per heavy atom. The number of fused-ring (bicyclic) bond motifs is 1. The zero-order valence-corrected chi connectivity index (χ0v) is 13.5. The van der Waals surface area contributed by atoms with Gasteiger partial charge in [0.05, 0.1) is 11.6 Å². The van der Waals surface area contributed by atoms with Crippen LogP contribution in [-0.2, 0) is 4.74 Å². The molecule has 0 saturated carbocycles. The van der Waals surface area contributed by atoms with Crippen molar-refractivity contribution in [2.75, 3.05) is 0 Å². The molecule has 4 heteroatoms. The molecule has 118 valence electrons. The summed E-state index contributed by atoms with van der Waals surface area (Å²) < 4.78 is 8.11. The average molecular weight is 307 g/mol. The number of ether oxygens (including phenoxy) is 1. The van der Waals surface area contributed by atoms with Gasteiger partial charge in [-0.25, -0.2) is 4.68 Å². The van der Waals surface area contributed by atoms with Crippen LogP contribution in [0.3, 0.4) is 0 Å². The van der Waals surface area contributed by atoms with Gasteiger partial charge in [0.15, 0.2) is 6.23 Å². The summed E-state index contributed by atoms with van der Waals surface area (Å²) in [6.07, 6.45) is 2.33. The third-order valence-electron chi connectivity index (χ3n) is 3.93. The molecule has 1 heterocycles. The summed E-state index contributed by atoms with van der Waals surface area (Å²) in [5.41, 5.74) is 4.08. The van der Waals surface area contributed by atoms with Crippen molar-refractivity contribution < 1.29 is 4.74 Å². The quantitative estimate of drug-likeness (QED) is 0.639. The Morgan fingerprint density at radius 2 is 1.91 bits per heavy atom. The van der Waals surface area contributed by atoms with Gasteiger partial charge in [-0.3, -0.25) is 0 Å². The third kappa shape index (κ3) is 3.17. The first kappa shape index (κ1) is 15.4. The Hall–Kier alpha value is -2.46. The molecule has 3 rings (SSSR count). The second-order valence-corrected chi connectivity index (χ2v) is 5.60. The van der Waals surface area contributed by atoms with Crippen LogP contribution in [0.4, 0.5) is 0 Å². The van der Waals surface area contributed by atoms with Crippen LogP contribution in [0.15, 0.2) is 61.2 Å². The molecule has 0 bridgehead atoms. The first-order valence-electron chi connectivity index (χ1n) is 7.87. The van der Waals surface area contributed by atoms with E-state index < -0.39 is 0 Å². The monoisotopic (exact) mass is 307 g/mol. The van der Waals surface area contributed by atoms with Crippen LogP contribution in [0.1, 0.15) is 30.7 Å². The van der Waals surface area contributed by atoms with Crippen LogP contribution in [0, 0.1) is 6.92 Å². The van der Waals surface area contributed by atoms with Crippen molar-refractivity contribution >= 4 is 11.0 Å². The van der Waals surface area contributed by atoms with Crippen molar-refractivity contribution in [3.8, 4) is 0 Å². The molecule has 3 aromatic rings. The van der Waals surface area contributed by atoms with E-state index in [0.717, 1.165) is 23.0 Å². The third-order valence-corrected chi connectivity index (χ3v) is 3.93. The van der Waals surface area contributed by atoms with Gasteiger partial charge in [-0.1, -0.05) is 60.2 Å². The fourth-order valence-electron chi connectivity index (χ4n) is 2.55. The lowest BCUT2D eigenvalue weighted by atomic mass is 10.1. The smallest absolute Gasteiger partial charge is 0.179 e. The van der Waals surface area contributed by atoms with Gasteiger partial charge in [-0.2, -0.15) is 0 Å². The van der Waals surface area contributed by atoms with E-state index in [4.69, 9.17) is 4.74 Å². The average Bonchev–Trinajstić information content (AvgIpc) is 3.01. The van der Waals surface area contributed by atoms with Gasteiger partial charge in [0.25, 0.3) is 0 Å². The van der Waals surface area contributed by atoms with Crippen molar-refractivity contribution in [3.05, 3.63) is 72.3 Å². The normalized spacial score (nSPS) is 13.8. The summed E-state index contributed by atoms with van der Waals surface area (Å²) in [7, 11) is 0. The van der Waals surface area contributed by atoms with Gasteiger partial charge >= 0.3 is 0 Å². The highest BCUT2D eigenvalue weighted by Crippen LogP contribution is 2.26. The number of benzene rings is 2. The van der Waals surface area contributed by atoms with E-state index in [9.17, 15) is 0 Å². The molecule has 2 atom stereocenters. The number of hydrogen-bond acceptors (Lipinski definition) is 3. The molecule has 0 aliphatic carbocycles. The molecule has 4 nitrogen and oxygen atoms in total. The van der Waals surface area contributed by atoms with Crippen LogP contribution in [0.25, 0.3) is 11.0 Å². The summed E-state index contributed by atoms with van der Waals surface area (Å²) in [5, 5.41) is 8.57. The van der Waals surface area contributed by atoms with Gasteiger partial charge in [0.1, 0.15) is 5.52 Å². The van der Waals surface area contributed by atoms with E-state index in [1.807, 2.05) is 35.0 Å². The van der Waals surface area contributed by atoms with Crippen LogP contribution < -0.4 is 0 Å². The molecule has 0 saturated heterocycles. The van der Waals surface area contributed by atoms with E-state index in [1.54, 1.807) is 0 Å². The Balaban J connectivity index is 2.07. The SMILES string of the molecule is C=CC(CC)OC(c1ccc(C)cc1)n1nnc2ccccc21. The number of aryl methyl sites for hydroxylation is 1. The highest BCUT2D eigenvalue weighted by Gasteiger charge is 2.21. The minimum Gasteiger partial charge on any atom is -0.345 e. The number of hydrogen-bond donors (Lipinski definition) is 0. The second-order valence-electron chi connectivity index (χ2n) is 5.60. The largest absolute Gasteiger partial charge is 0.345 e. The maximum Gasteiger partial charge on any atom is 0.179 e. The Morgan fingerprint density at radius 3 is 2.61 bits per heavy atom. The standard InChI is InChI=1S/C19H21N3O/c1-4-16(5-2)23-19(15-12-10-14(3)11-13-15)22-18-9-7-6-8-17(18)20-21-22/h4,6-13,16,19H,1,5H2,2-3H3. The number of nitrogens with zero attached hydrogens (tertiary/aromatic N) is 3. The minimum absolute atomic E-state index is 0.0377. The molecule has 2 unspecified atom stereocenters. The first-order valence-corrected chi connectivity index (χ1v) is 7.87. The van der Waals surface area contributed by atoms with Gasteiger partial charge in [0.2, 0.25) is 0 Å². The van der Waals surface area contributed by atoms with Crippen LogP contribution in [-0.4, -0.2) is 21.1 Å². The lowest BCUT2D eigenvalue weighted by Crippen LogP contribution is -2.21. The zero-order chi connectivity index (χ0) is 16.2. The lowest BCUT2D eigenvalue weighted by Gasteiger charge is -2.23. The zero-order valence-electron chi connectivity index (χ0n) is 13.5. The molecular formula is C19H21N3O. The Kier molecular flexibility index (Phi) is 4.53. The fourth-order valence-corrected chi connectivity index (χ4v) is 2.55. The van der Waals surface area contributed by atoms with E-state index >= 15 is 0 Å². The summed E-state index contributed by atoms with van der Waals surface area (Å²) >= 11 is 0. The van der Waals surface area contributed by atoms with Crippen molar-refractivity contribution in [1.82, 2.24) is 15.0 Å². The molecule has 2 aromatic carbocycles. The maximum atomic E-state index is 6.27. The van der Waals surface area contributed by atoms with Gasteiger partial charge < -0.3 is 4.74 Å². The van der Waals surface area contributed by atoms with Crippen molar-refractivity contribution in [1.29, 1.82) is 0 Å². The fraction of sp³-hybridized carbons (Fsp3) is 0.263. The van der Waals surface area contributed by atoms with Gasteiger partial charge in [-0.15, -0.1) is 11.7 Å². The van der Waals surface area contributed by atoms with Gasteiger partial charge in [0, 0.05) is 5.56 Å². The summed E-state index contributed by atoms with van der Waals surface area (Å²) in [6, 6.07) is 16.2. The first-order chi connectivity index (χ1) is 11.2. The predicted octanol–water partition coefficient (Wildman–Crippen LogP) is 4.27. The summed E-state index contributed by atoms with van der Waals surface area (Å²) in [6.45, 7) is 8.02. The second kappa shape index (κ2) is 6.75. The maximum absolute atomic E-state index is 6.27. The topological polar surface area (TPSA) is 39.9 Å². The van der Waals surface area contributed by atoms with Crippen molar-refractivity contribution in [2.45, 2.75) is 32.6 Å². The van der Waals surface area contributed by atoms with E-state index in [1.165, 1.54) is 5.56 Å². The molecule has 1 aromatic heterocycles. The lowest BCUT2D eigenvalue weighted by molar-refractivity contribution is -0.0126. The molecule has 23 heavy (non-hydrogen) atoms. The van der Waals surface area contributed by atoms with Crippen LogP contribution >= 0.6 is 0 Å². The van der Waals surface area contributed by atoms with E-state index in [2.05, 4.69) is 55.0 Å². The molecular weight excluding hydrogens is 286 g/mol. The number of rotatable bonds is 6. The molecule has 0 fully saturated rings. The summed E-state index contributed by atoms with van der Waals surface area (Å²) in [4.78, 5) is 0. The van der Waals surface area contributed by atoms with Crippen molar-refractivity contribution in [2.24, 2.45) is 0 Å². The molecule has 0 N–H and O–H groups in total. The van der Waals surface area contributed by atoms with Crippen molar-refractivity contribution in [3.63, 3.8) is 0 Å². The molecule has 0 aliphatic rings. The molecule has 0 radical (unpaired) electrons. The van der Waals surface area contributed by atoms with Gasteiger partial charge in [-0.05, 0) is 25.5 Å². The summed E-state index contributed by atoms with van der Waals surface area (Å²) in [5.74, 6) is 0. The Labute approximate surface area is 136 Å². The Bertz CT molecular complexity index is 792. The molecule has 0 amide bonds. The highest BCUT2D eigenvalue weighted by molar-refractivity contribution is 5.74. The molecule has 0 spiro atoms. The van der Waals surface area contributed by atoms with Crippen LogP contribution in [0.2, 0.25) is 0 Å². The van der Waals surface area contributed by atoms with Crippen LogP contribution in [0.5, 0.6) is 0 Å². The van der Waals surface area contributed by atoms with E-state index in [-0.39, 0.29) is 12.3 Å². The predicted molar refractivity (Wildman–Crippen MR) is 92.2 cm³/mol. The minimum atomic E-state index is -0.328.